The highest BCUT2D eigenvalue weighted by molar-refractivity contribution is 5.07. The average Bonchev–Trinajstić information content (AvgIpc) is 2.55. The van der Waals surface area contributed by atoms with Crippen LogP contribution in [-0.4, -0.2) is 38.3 Å². The second kappa shape index (κ2) is 6.09. The van der Waals surface area contributed by atoms with Crippen LogP contribution in [0.4, 0.5) is 0 Å². The van der Waals surface area contributed by atoms with Crippen molar-refractivity contribution in [1.82, 2.24) is 20.3 Å². The Morgan fingerprint density at radius 2 is 2.18 bits per heavy atom. The van der Waals surface area contributed by atoms with Crippen LogP contribution in [0.3, 0.4) is 0 Å². The third kappa shape index (κ3) is 3.02. The van der Waals surface area contributed by atoms with E-state index in [0.717, 1.165) is 19.6 Å². The van der Waals surface area contributed by atoms with Crippen molar-refractivity contribution in [2.24, 2.45) is 5.92 Å². The summed E-state index contributed by atoms with van der Waals surface area (Å²) in [4.78, 5) is 0. The zero-order valence-corrected chi connectivity index (χ0v) is 9.97. The van der Waals surface area contributed by atoms with E-state index in [9.17, 15) is 5.11 Å². The fraction of sp³-hybridized carbons (Fsp3) is 0.818. The molecule has 0 spiro atoms. The molecule has 1 saturated heterocycles. The first-order valence-electron chi connectivity index (χ1n) is 6.18. The SMILES string of the molecule is OCc1nnn(CC2CCCCNC2)c1CO. The van der Waals surface area contributed by atoms with Crippen molar-refractivity contribution in [2.45, 2.75) is 39.0 Å². The lowest BCUT2D eigenvalue weighted by molar-refractivity contribution is 0.246. The second-order valence-corrected chi connectivity index (χ2v) is 4.55. The molecule has 1 atom stereocenters. The van der Waals surface area contributed by atoms with E-state index in [1.165, 1.54) is 19.3 Å². The van der Waals surface area contributed by atoms with Gasteiger partial charge in [0.25, 0.3) is 0 Å². The summed E-state index contributed by atoms with van der Waals surface area (Å²) in [6, 6.07) is 0. The molecule has 96 valence electrons. The standard InChI is InChI=1S/C11H20N4O2/c16-7-10-11(8-17)15(14-13-10)6-9-3-1-2-4-12-5-9/h9,12,16-17H,1-8H2. The molecule has 0 radical (unpaired) electrons. The molecule has 0 aromatic carbocycles. The van der Waals surface area contributed by atoms with Gasteiger partial charge in [-0.1, -0.05) is 11.6 Å². The van der Waals surface area contributed by atoms with E-state index in [4.69, 9.17) is 5.11 Å². The zero-order chi connectivity index (χ0) is 12.1. The highest BCUT2D eigenvalue weighted by Crippen LogP contribution is 2.15. The molecule has 2 rings (SSSR count). The van der Waals surface area contributed by atoms with Crippen molar-refractivity contribution in [1.29, 1.82) is 0 Å². The Morgan fingerprint density at radius 3 is 2.94 bits per heavy atom. The van der Waals surface area contributed by atoms with Crippen LogP contribution in [0.1, 0.15) is 30.7 Å². The highest BCUT2D eigenvalue weighted by Gasteiger charge is 2.17. The van der Waals surface area contributed by atoms with Gasteiger partial charge in [0.05, 0.1) is 18.9 Å². The van der Waals surface area contributed by atoms with E-state index in [1.54, 1.807) is 4.68 Å². The zero-order valence-electron chi connectivity index (χ0n) is 9.97. The molecule has 1 aliphatic rings. The predicted molar refractivity (Wildman–Crippen MR) is 62.1 cm³/mol. The van der Waals surface area contributed by atoms with Crippen LogP contribution >= 0.6 is 0 Å². The van der Waals surface area contributed by atoms with Gasteiger partial charge >= 0.3 is 0 Å². The Morgan fingerprint density at radius 1 is 1.29 bits per heavy atom. The molecule has 3 N–H and O–H groups in total. The van der Waals surface area contributed by atoms with E-state index < -0.39 is 0 Å². The van der Waals surface area contributed by atoms with Gasteiger partial charge in [-0.2, -0.15) is 0 Å². The summed E-state index contributed by atoms with van der Waals surface area (Å²) in [6.07, 6.45) is 3.63. The Balaban J connectivity index is 2.03. The first kappa shape index (κ1) is 12.5. The van der Waals surface area contributed by atoms with E-state index >= 15 is 0 Å². The van der Waals surface area contributed by atoms with Crippen LogP contribution in [0.2, 0.25) is 0 Å². The van der Waals surface area contributed by atoms with Crippen LogP contribution in [-0.2, 0) is 19.8 Å². The van der Waals surface area contributed by atoms with Crippen LogP contribution in [0.15, 0.2) is 0 Å². The fourth-order valence-corrected chi connectivity index (χ4v) is 2.30. The van der Waals surface area contributed by atoms with Gasteiger partial charge in [0.2, 0.25) is 0 Å². The second-order valence-electron chi connectivity index (χ2n) is 4.55. The number of aliphatic hydroxyl groups excluding tert-OH is 2. The monoisotopic (exact) mass is 240 g/mol. The lowest BCUT2D eigenvalue weighted by Gasteiger charge is -2.15. The van der Waals surface area contributed by atoms with Gasteiger partial charge in [-0.05, 0) is 31.8 Å². The Bertz CT molecular complexity index is 345. The van der Waals surface area contributed by atoms with Crippen molar-refractivity contribution in [3.8, 4) is 0 Å². The summed E-state index contributed by atoms with van der Waals surface area (Å²) in [6.45, 7) is 2.54. The van der Waals surface area contributed by atoms with Crippen molar-refractivity contribution < 1.29 is 10.2 Å². The quantitative estimate of drug-likeness (QED) is 0.670. The first-order chi connectivity index (χ1) is 8.35. The van der Waals surface area contributed by atoms with E-state index in [2.05, 4.69) is 15.6 Å². The summed E-state index contributed by atoms with van der Waals surface area (Å²) in [5.74, 6) is 0.524. The van der Waals surface area contributed by atoms with Gasteiger partial charge in [0.15, 0.2) is 0 Å². The molecule has 2 heterocycles. The highest BCUT2D eigenvalue weighted by atomic mass is 16.3. The Kier molecular flexibility index (Phi) is 4.47. The maximum atomic E-state index is 9.28. The maximum absolute atomic E-state index is 9.28. The van der Waals surface area contributed by atoms with Crippen molar-refractivity contribution >= 4 is 0 Å². The Labute approximate surface area is 101 Å². The molecule has 1 aromatic rings. The van der Waals surface area contributed by atoms with Gasteiger partial charge in [0.1, 0.15) is 5.69 Å². The molecule has 0 amide bonds. The lowest BCUT2D eigenvalue weighted by atomic mass is 10.0. The number of hydrogen-bond acceptors (Lipinski definition) is 5. The van der Waals surface area contributed by atoms with Gasteiger partial charge < -0.3 is 15.5 Å². The molecule has 0 bridgehead atoms. The molecular formula is C11H20N4O2. The van der Waals surface area contributed by atoms with Crippen molar-refractivity contribution in [3.05, 3.63) is 11.4 Å². The Hall–Kier alpha value is -0.980. The summed E-state index contributed by atoms with van der Waals surface area (Å²) in [7, 11) is 0. The average molecular weight is 240 g/mol. The smallest absolute Gasteiger partial charge is 0.114 e. The molecule has 1 aromatic heterocycles. The third-order valence-electron chi connectivity index (χ3n) is 3.30. The van der Waals surface area contributed by atoms with Gasteiger partial charge in [0, 0.05) is 6.54 Å². The summed E-state index contributed by atoms with van der Waals surface area (Å²) < 4.78 is 1.73. The molecule has 1 aliphatic heterocycles. The van der Waals surface area contributed by atoms with Crippen LogP contribution in [0.5, 0.6) is 0 Å². The summed E-state index contributed by atoms with van der Waals surface area (Å²) in [5.41, 5.74) is 1.12. The van der Waals surface area contributed by atoms with Crippen molar-refractivity contribution in [2.75, 3.05) is 13.1 Å². The van der Waals surface area contributed by atoms with Crippen molar-refractivity contribution in [3.63, 3.8) is 0 Å². The van der Waals surface area contributed by atoms with Gasteiger partial charge in [-0.3, -0.25) is 0 Å². The molecule has 1 fully saturated rings. The summed E-state index contributed by atoms with van der Waals surface area (Å²) in [5, 5.41) is 29.6. The number of aromatic nitrogens is 3. The number of nitrogens with zero attached hydrogens (tertiary/aromatic N) is 3. The van der Waals surface area contributed by atoms with Crippen LogP contribution < -0.4 is 5.32 Å². The predicted octanol–water partition coefficient (Wildman–Crippen LogP) is -0.348. The minimum atomic E-state index is -0.168. The first-order valence-corrected chi connectivity index (χ1v) is 6.18. The number of aliphatic hydroxyl groups is 2. The number of rotatable bonds is 4. The minimum absolute atomic E-state index is 0.122. The molecule has 6 heteroatoms. The van der Waals surface area contributed by atoms with Crippen LogP contribution in [0.25, 0.3) is 0 Å². The fourth-order valence-electron chi connectivity index (χ4n) is 2.30. The molecule has 0 saturated carbocycles. The topological polar surface area (TPSA) is 83.2 Å². The van der Waals surface area contributed by atoms with E-state index in [0.29, 0.717) is 17.3 Å². The molecule has 1 unspecified atom stereocenters. The summed E-state index contributed by atoms with van der Waals surface area (Å²) >= 11 is 0. The molecule has 0 aliphatic carbocycles. The third-order valence-corrected chi connectivity index (χ3v) is 3.30. The largest absolute Gasteiger partial charge is 0.390 e. The maximum Gasteiger partial charge on any atom is 0.114 e. The lowest BCUT2D eigenvalue weighted by Crippen LogP contribution is -2.25. The normalized spacial score (nSPS) is 21.4. The number of hydrogen-bond donors (Lipinski definition) is 3. The minimum Gasteiger partial charge on any atom is -0.390 e. The van der Waals surface area contributed by atoms with E-state index in [1.807, 2.05) is 0 Å². The van der Waals surface area contributed by atoms with Gasteiger partial charge in [-0.15, -0.1) is 5.10 Å². The molecule has 17 heavy (non-hydrogen) atoms. The van der Waals surface area contributed by atoms with Gasteiger partial charge in [-0.25, -0.2) is 4.68 Å². The number of nitrogens with one attached hydrogen (secondary N) is 1. The van der Waals surface area contributed by atoms with E-state index in [-0.39, 0.29) is 13.2 Å². The molecular weight excluding hydrogens is 220 g/mol. The molecule has 6 nitrogen and oxygen atoms in total. The van der Waals surface area contributed by atoms with Crippen LogP contribution in [0, 0.1) is 5.92 Å².